The van der Waals surface area contributed by atoms with Gasteiger partial charge >= 0.3 is 0 Å². The van der Waals surface area contributed by atoms with E-state index in [2.05, 4.69) is 0 Å². The molecule has 2 aromatic rings. The lowest BCUT2D eigenvalue weighted by Gasteiger charge is -2.08. The van der Waals surface area contributed by atoms with Gasteiger partial charge in [-0.05, 0) is 31.0 Å². The normalized spacial score (nSPS) is 10.4. The van der Waals surface area contributed by atoms with Crippen LogP contribution in [0.1, 0.15) is 16.7 Å². The molecule has 82 valence electrons. The minimum absolute atomic E-state index is 0.0921. The summed E-state index contributed by atoms with van der Waals surface area (Å²) in [5, 5.41) is 0. The minimum atomic E-state index is 0.0921. The van der Waals surface area contributed by atoms with Gasteiger partial charge in [0.15, 0.2) is 0 Å². The first-order valence-electron chi connectivity index (χ1n) is 5.38. The summed E-state index contributed by atoms with van der Waals surface area (Å²) < 4.78 is 1.76. The minimum Gasteiger partial charge on any atom is -0.311 e. The maximum absolute atomic E-state index is 11.9. The highest BCUT2D eigenvalue weighted by atomic mass is 16.1. The van der Waals surface area contributed by atoms with Crippen molar-refractivity contribution in [3.8, 4) is 0 Å². The van der Waals surface area contributed by atoms with Crippen molar-refractivity contribution in [1.82, 2.24) is 4.57 Å². The highest BCUT2D eigenvalue weighted by molar-refractivity contribution is 5.19. The van der Waals surface area contributed by atoms with Crippen LogP contribution in [0.15, 0.2) is 47.4 Å². The van der Waals surface area contributed by atoms with Gasteiger partial charge in [0.2, 0.25) is 0 Å². The Labute approximate surface area is 95.2 Å². The van der Waals surface area contributed by atoms with Crippen LogP contribution in [0.4, 0.5) is 0 Å². The SMILES string of the molecule is Cc1cc(C)c(=O)n(Cc2ccccc2)c1. The Balaban J connectivity index is 2.39. The third-order valence-electron chi connectivity index (χ3n) is 2.60. The van der Waals surface area contributed by atoms with Crippen molar-refractivity contribution < 1.29 is 0 Å². The zero-order chi connectivity index (χ0) is 11.5. The van der Waals surface area contributed by atoms with Crippen molar-refractivity contribution in [2.75, 3.05) is 0 Å². The molecule has 0 aliphatic carbocycles. The second-order valence-electron chi connectivity index (χ2n) is 4.12. The molecule has 0 saturated carbocycles. The lowest BCUT2D eigenvalue weighted by atomic mass is 10.2. The Morgan fingerprint density at radius 3 is 2.50 bits per heavy atom. The highest BCUT2D eigenvalue weighted by Gasteiger charge is 2.01. The van der Waals surface area contributed by atoms with Crippen LogP contribution in [0.25, 0.3) is 0 Å². The standard InChI is InChI=1S/C14H15NO/c1-11-8-12(2)14(16)15(9-11)10-13-6-4-3-5-7-13/h3-9H,10H2,1-2H3. The van der Waals surface area contributed by atoms with Gasteiger partial charge in [0.05, 0.1) is 6.54 Å². The zero-order valence-electron chi connectivity index (χ0n) is 9.60. The first kappa shape index (κ1) is 10.7. The molecule has 2 rings (SSSR count). The summed E-state index contributed by atoms with van der Waals surface area (Å²) in [5.74, 6) is 0. The molecule has 0 N–H and O–H groups in total. The van der Waals surface area contributed by atoms with Gasteiger partial charge in [0, 0.05) is 11.8 Å². The smallest absolute Gasteiger partial charge is 0.253 e. The molecule has 0 fully saturated rings. The number of aryl methyl sites for hydroxylation is 2. The molecule has 0 saturated heterocycles. The molecule has 0 amide bonds. The lowest BCUT2D eigenvalue weighted by molar-refractivity contribution is 0.747. The van der Waals surface area contributed by atoms with E-state index in [1.807, 2.05) is 56.4 Å². The molecule has 0 unspecified atom stereocenters. The van der Waals surface area contributed by atoms with E-state index in [4.69, 9.17) is 0 Å². The summed E-state index contributed by atoms with van der Waals surface area (Å²) in [6.07, 6.45) is 1.91. The predicted octanol–water partition coefficient (Wildman–Crippen LogP) is 2.51. The largest absolute Gasteiger partial charge is 0.311 e. The zero-order valence-corrected chi connectivity index (χ0v) is 9.60. The van der Waals surface area contributed by atoms with E-state index < -0.39 is 0 Å². The van der Waals surface area contributed by atoms with Crippen LogP contribution >= 0.6 is 0 Å². The third-order valence-corrected chi connectivity index (χ3v) is 2.60. The van der Waals surface area contributed by atoms with E-state index >= 15 is 0 Å². The number of aromatic nitrogens is 1. The molecule has 0 aliphatic heterocycles. The molecule has 0 bridgehead atoms. The molecule has 0 spiro atoms. The van der Waals surface area contributed by atoms with Crippen LogP contribution in [0.5, 0.6) is 0 Å². The molecule has 1 aromatic carbocycles. The summed E-state index contributed by atoms with van der Waals surface area (Å²) in [6.45, 7) is 4.51. The monoisotopic (exact) mass is 213 g/mol. The first-order chi connectivity index (χ1) is 7.66. The van der Waals surface area contributed by atoms with E-state index in [0.29, 0.717) is 6.54 Å². The number of rotatable bonds is 2. The molecule has 16 heavy (non-hydrogen) atoms. The number of pyridine rings is 1. The molecule has 1 aromatic heterocycles. The fourth-order valence-electron chi connectivity index (χ4n) is 1.87. The van der Waals surface area contributed by atoms with Gasteiger partial charge in [-0.3, -0.25) is 4.79 Å². The molecule has 1 heterocycles. The van der Waals surface area contributed by atoms with Gasteiger partial charge in [-0.15, -0.1) is 0 Å². The number of hydrogen-bond donors (Lipinski definition) is 0. The van der Waals surface area contributed by atoms with Crippen molar-refractivity contribution in [3.63, 3.8) is 0 Å². The molecular weight excluding hydrogens is 198 g/mol. The van der Waals surface area contributed by atoms with Crippen molar-refractivity contribution in [3.05, 3.63) is 69.6 Å². The van der Waals surface area contributed by atoms with Crippen LogP contribution in [-0.2, 0) is 6.54 Å². The van der Waals surface area contributed by atoms with Gasteiger partial charge in [-0.2, -0.15) is 0 Å². The summed E-state index contributed by atoms with van der Waals surface area (Å²) in [6, 6.07) is 11.9. The van der Waals surface area contributed by atoms with E-state index in [0.717, 1.165) is 16.7 Å². The fourth-order valence-corrected chi connectivity index (χ4v) is 1.87. The van der Waals surface area contributed by atoms with Gasteiger partial charge in [-0.25, -0.2) is 0 Å². The average Bonchev–Trinajstić information content (AvgIpc) is 2.27. The highest BCUT2D eigenvalue weighted by Crippen LogP contribution is 2.03. The Kier molecular flexibility index (Phi) is 2.91. The molecular formula is C14H15NO. The van der Waals surface area contributed by atoms with Crippen molar-refractivity contribution in [1.29, 1.82) is 0 Å². The first-order valence-corrected chi connectivity index (χ1v) is 5.38. The predicted molar refractivity (Wildman–Crippen MR) is 65.7 cm³/mol. The third kappa shape index (κ3) is 2.22. The van der Waals surface area contributed by atoms with E-state index in [1.165, 1.54) is 0 Å². The van der Waals surface area contributed by atoms with Crippen LogP contribution in [0, 0.1) is 13.8 Å². The van der Waals surface area contributed by atoms with Crippen molar-refractivity contribution in [2.24, 2.45) is 0 Å². The number of hydrogen-bond acceptors (Lipinski definition) is 1. The number of benzene rings is 1. The van der Waals surface area contributed by atoms with Crippen molar-refractivity contribution in [2.45, 2.75) is 20.4 Å². The Morgan fingerprint density at radius 2 is 1.81 bits per heavy atom. The molecule has 0 atom stereocenters. The van der Waals surface area contributed by atoms with Crippen LogP contribution in [0.2, 0.25) is 0 Å². The lowest BCUT2D eigenvalue weighted by Crippen LogP contribution is -2.22. The quantitative estimate of drug-likeness (QED) is 0.751. The number of nitrogens with zero attached hydrogens (tertiary/aromatic N) is 1. The average molecular weight is 213 g/mol. The fraction of sp³-hybridized carbons (Fsp3) is 0.214. The van der Waals surface area contributed by atoms with Crippen molar-refractivity contribution >= 4 is 0 Å². The summed E-state index contributed by atoms with van der Waals surface area (Å²) >= 11 is 0. The summed E-state index contributed by atoms with van der Waals surface area (Å²) in [5.41, 5.74) is 3.16. The van der Waals surface area contributed by atoms with Gasteiger partial charge < -0.3 is 4.57 Å². The van der Waals surface area contributed by atoms with Crippen LogP contribution < -0.4 is 5.56 Å². The van der Waals surface area contributed by atoms with Crippen LogP contribution in [0.3, 0.4) is 0 Å². The van der Waals surface area contributed by atoms with E-state index in [-0.39, 0.29) is 5.56 Å². The summed E-state index contributed by atoms with van der Waals surface area (Å²) in [7, 11) is 0. The van der Waals surface area contributed by atoms with Gasteiger partial charge in [-0.1, -0.05) is 30.3 Å². The van der Waals surface area contributed by atoms with Crippen LogP contribution in [-0.4, -0.2) is 4.57 Å². The Morgan fingerprint density at radius 1 is 1.12 bits per heavy atom. The van der Waals surface area contributed by atoms with Gasteiger partial charge in [0.25, 0.3) is 5.56 Å². The maximum Gasteiger partial charge on any atom is 0.253 e. The second-order valence-corrected chi connectivity index (χ2v) is 4.12. The Bertz CT molecular complexity index is 540. The molecule has 0 radical (unpaired) electrons. The topological polar surface area (TPSA) is 22.0 Å². The summed E-state index contributed by atoms with van der Waals surface area (Å²) in [4.78, 5) is 11.9. The molecule has 2 nitrogen and oxygen atoms in total. The Hall–Kier alpha value is -1.83. The second kappa shape index (κ2) is 4.35. The molecule has 2 heteroatoms. The van der Waals surface area contributed by atoms with E-state index in [1.54, 1.807) is 4.57 Å². The van der Waals surface area contributed by atoms with Gasteiger partial charge in [0.1, 0.15) is 0 Å². The molecule has 0 aliphatic rings. The van der Waals surface area contributed by atoms with E-state index in [9.17, 15) is 4.79 Å². The maximum atomic E-state index is 11.9.